The van der Waals surface area contributed by atoms with E-state index in [2.05, 4.69) is 0 Å². The molecule has 3 N–H and O–H groups in total. The van der Waals surface area contributed by atoms with Crippen molar-refractivity contribution in [2.75, 3.05) is 6.61 Å². The van der Waals surface area contributed by atoms with E-state index >= 15 is 0 Å². The maximum Gasteiger partial charge on any atom is 0.267 e. The standard InChI is InChI=1S/C8H18O5S/c1-7(14(11,12)13)4-5-8(10)3-2-6-9/h7-10H,2-6H2,1H3,(H,11,12,13). The largest absolute Gasteiger partial charge is 0.396 e. The summed E-state index contributed by atoms with van der Waals surface area (Å²) in [6.45, 7) is 1.42. The van der Waals surface area contributed by atoms with Crippen LogP contribution >= 0.6 is 0 Å². The summed E-state index contributed by atoms with van der Waals surface area (Å²) in [4.78, 5) is 0. The molecule has 2 atom stereocenters. The molecule has 0 heterocycles. The Balaban J connectivity index is 3.72. The van der Waals surface area contributed by atoms with Crippen molar-refractivity contribution in [1.82, 2.24) is 0 Å². The number of hydrogen-bond acceptors (Lipinski definition) is 4. The zero-order valence-corrected chi connectivity index (χ0v) is 9.07. The van der Waals surface area contributed by atoms with Crippen LogP contribution in [0.3, 0.4) is 0 Å². The normalized spacial score (nSPS) is 16.6. The maximum absolute atomic E-state index is 10.6. The van der Waals surface area contributed by atoms with Crippen LogP contribution in [0.2, 0.25) is 0 Å². The molecule has 0 aliphatic heterocycles. The van der Waals surface area contributed by atoms with Gasteiger partial charge in [0.1, 0.15) is 0 Å². The Labute approximate surface area is 84.5 Å². The van der Waals surface area contributed by atoms with E-state index in [4.69, 9.17) is 9.66 Å². The maximum atomic E-state index is 10.6. The third-order valence-electron chi connectivity index (χ3n) is 2.11. The highest BCUT2D eigenvalue weighted by atomic mass is 32.2. The molecule has 0 amide bonds. The van der Waals surface area contributed by atoms with Gasteiger partial charge in [-0.3, -0.25) is 4.55 Å². The van der Waals surface area contributed by atoms with Crippen LogP contribution < -0.4 is 0 Å². The van der Waals surface area contributed by atoms with Crippen molar-refractivity contribution in [3.8, 4) is 0 Å². The van der Waals surface area contributed by atoms with Gasteiger partial charge in [0.15, 0.2) is 0 Å². The van der Waals surface area contributed by atoms with Crippen molar-refractivity contribution in [2.24, 2.45) is 0 Å². The minimum Gasteiger partial charge on any atom is -0.396 e. The fourth-order valence-electron chi connectivity index (χ4n) is 1.05. The van der Waals surface area contributed by atoms with E-state index in [1.807, 2.05) is 0 Å². The lowest BCUT2D eigenvalue weighted by molar-refractivity contribution is 0.138. The minimum atomic E-state index is -3.98. The molecule has 0 saturated carbocycles. The first-order valence-corrected chi connectivity index (χ1v) is 6.13. The Kier molecular flexibility index (Phi) is 6.26. The van der Waals surface area contributed by atoms with Crippen molar-refractivity contribution >= 4 is 10.1 Å². The first-order valence-electron chi connectivity index (χ1n) is 4.63. The quantitative estimate of drug-likeness (QED) is 0.538. The SMILES string of the molecule is CC(CCC(O)CCCO)S(=O)(=O)O. The van der Waals surface area contributed by atoms with E-state index in [1.54, 1.807) is 0 Å². The molecule has 86 valence electrons. The zero-order chi connectivity index (χ0) is 11.2. The second-order valence-electron chi connectivity index (χ2n) is 3.42. The molecule has 0 aliphatic rings. The average molecular weight is 226 g/mol. The Morgan fingerprint density at radius 1 is 1.21 bits per heavy atom. The van der Waals surface area contributed by atoms with Gasteiger partial charge in [-0.25, -0.2) is 0 Å². The van der Waals surface area contributed by atoms with Gasteiger partial charge in [0.05, 0.1) is 11.4 Å². The zero-order valence-electron chi connectivity index (χ0n) is 8.26. The summed E-state index contributed by atoms with van der Waals surface area (Å²) in [5, 5.41) is 16.9. The van der Waals surface area contributed by atoms with E-state index in [0.29, 0.717) is 19.3 Å². The molecule has 0 aromatic heterocycles. The fourth-order valence-corrected chi connectivity index (χ4v) is 1.48. The lowest BCUT2D eigenvalue weighted by Gasteiger charge is -2.12. The van der Waals surface area contributed by atoms with Gasteiger partial charge in [-0.05, 0) is 32.6 Å². The molecule has 6 heteroatoms. The highest BCUT2D eigenvalue weighted by Gasteiger charge is 2.18. The summed E-state index contributed by atoms with van der Waals surface area (Å²) in [6, 6.07) is 0. The first kappa shape index (κ1) is 13.8. The smallest absolute Gasteiger partial charge is 0.267 e. The third kappa shape index (κ3) is 6.31. The van der Waals surface area contributed by atoms with Crippen LogP contribution in [-0.4, -0.2) is 41.1 Å². The summed E-state index contributed by atoms with van der Waals surface area (Å²) >= 11 is 0. The molecule has 0 rings (SSSR count). The lowest BCUT2D eigenvalue weighted by atomic mass is 10.1. The molecule has 0 aromatic rings. The van der Waals surface area contributed by atoms with E-state index in [1.165, 1.54) is 6.92 Å². The number of rotatable bonds is 7. The second kappa shape index (κ2) is 6.34. The van der Waals surface area contributed by atoms with Crippen LogP contribution in [0, 0.1) is 0 Å². The van der Waals surface area contributed by atoms with Gasteiger partial charge in [-0.15, -0.1) is 0 Å². The van der Waals surface area contributed by atoms with Gasteiger partial charge in [0.2, 0.25) is 0 Å². The highest BCUT2D eigenvalue weighted by molar-refractivity contribution is 7.86. The predicted molar refractivity (Wildman–Crippen MR) is 52.6 cm³/mol. The van der Waals surface area contributed by atoms with E-state index in [9.17, 15) is 13.5 Å². The Hall–Kier alpha value is -0.170. The number of aliphatic hydroxyl groups is 2. The van der Waals surface area contributed by atoms with Crippen LogP contribution in [0.1, 0.15) is 32.6 Å². The summed E-state index contributed by atoms with van der Waals surface area (Å²) in [5.74, 6) is 0. The van der Waals surface area contributed by atoms with Gasteiger partial charge < -0.3 is 10.2 Å². The monoisotopic (exact) mass is 226 g/mol. The Morgan fingerprint density at radius 2 is 1.79 bits per heavy atom. The van der Waals surface area contributed by atoms with Crippen LogP contribution in [0.4, 0.5) is 0 Å². The van der Waals surface area contributed by atoms with Crippen molar-refractivity contribution in [2.45, 2.75) is 44.0 Å². The average Bonchev–Trinajstić information content (AvgIpc) is 2.09. The summed E-state index contributed by atoms with van der Waals surface area (Å²) in [7, 11) is -3.98. The molecule has 5 nitrogen and oxygen atoms in total. The van der Waals surface area contributed by atoms with Gasteiger partial charge >= 0.3 is 0 Å². The van der Waals surface area contributed by atoms with Crippen molar-refractivity contribution in [1.29, 1.82) is 0 Å². The van der Waals surface area contributed by atoms with Gasteiger partial charge in [0.25, 0.3) is 10.1 Å². The molecule has 0 spiro atoms. The van der Waals surface area contributed by atoms with Crippen LogP contribution in [0.5, 0.6) is 0 Å². The molecule has 0 aliphatic carbocycles. The molecule has 0 saturated heterocycles. The second-order valence-corrected chi connectivity index (χ2v) is 5.26. The Morgan fingerprint density at radius 3 is 2.21 bits per heavy atom. The molecule has 0 aromatic carbocycles. The predicted octanol–water partition coefficient (Wildman–Crippen LogP) is 0.176. The fraction of sp³-hybridized carbons (Fsp3) is 1.00. The molecule has 14 heavy (non-hydrogen) atoms. The summed E-state index contributed by atoms with van der Waals surface area (Å²) < 4.78 is 29.8. The van der Waals surface area contributed by atoms with Gasteiger partial charge in [-0.2, -0.15) is 8.42 Å². The van der Waals surface area contributed by atoms with Crippen LogP contribution in [0.25, 0.3) is 0 Å². The van der Waals surface area contributed by atoms with Gasteiger partial charge in [0, 0.05) is 6.61 Å². The lowest BCUT2D eigenvalue weighted by Crippen LogP contribution is -2.19. The van der Waals surface area contributed by atoms with Gasteiger partial charge in [-0.1, -0.05) is 0 Å². The van der Waals surface area contributed by atoms with Crippen molar-refractivity contribution < 1.29 is 23.2 Å². The van der Waals surface area contributed by atoms with E-state index in [0.717, 1.165) is 0 Å². The molecular weight excluding hydrogens is 208 g/mol. The molecule has 2 unspecified atom stereocenters. The topological polar surface area (TPSA) is 94.8 Å². The Bertz CT molecular complexity index is 236. The number of aliphatic hydroxyl groups excluding tert-OH is 2. The van der Waals surface area contributed by atoms with Crippen molar-refractivity contribution in [3.05, 3.63) is 0 Å². The minimum absolute atomic E-state index is 0.0188. The molecule has 0 bridgehead atoms. The third-order valence-corrected chi connectivity index (χ3v) is 3.36. The van der Waals surface area contributed by atoms with E-state index < -0.39 is 21.5 Å². The summed E-state index contributed by atoms with van der Waals surface area (Å²) in [5.41, 5.74) is 0. The number of hydrogen-bond donors (Lipinski definition) is 3. The molecular formula is C8H18O5S. The van der Waals surface area contributed by atoms with Crippen LogP contribution in [-0.2, 0) is 10.1 Å². The van der Waals surface area contributed by atoms with Crippen LogP contribution in [0.15, 0.2) is 0 Å². The summed E-state index contributed by atoms with van der Waals surface area (Å²) in [6.07, 6.45) is 0.897. The molecule has 0 radical (unpaired) electrons. The van der Waals surface area contributed by atoms with E-state index in [-0.39, 0.29) is 13.0 Å². The highest BCUT2D eigenvalue weighted by Crippen LogP contribution is 2.11. The van der Waals surface area contributed by atoms with Crippen molar-refractivity contribution in [3.63, 3.8) is 0 Å². The first-order chi connectivity index (χ1) is 6.38. The molecule has 0 fully saturated rings.